The quantitative estimate of drug-likeness (QED) is 0.617. The fourth-order valence-electron chi connectivity index (χ4n) is 4.13. The minimum Gasteiger partial charge on any atom is -0.405 e. The first-order chi connectivity index (χ1) is 6.98. The van der Waals surface area contributed by atoms with Crippen LogP contribution in [0.5, 0.6) is 0 Å². The van der Waals surface area contributed by atoms with E-state index < -0.39 is 0 Å². The molecule has 4 rings (SSSR count). The van der Waals surface area contributed by atoms with Crippen molar-refractivity contribution in [1.82, 2.24) is 0 Å². The number of rotatable bonds is 1. The Morgan fingerprint density at radius 1 is 1.27 bits per heavy atom. The largest absolute Gasteiger partial charge is 0.457 e. The highest BCUT2D eigenvalue weighted by atomic mass is 16.7. The van der Waals surface area contributed by atoms with Crippen molar-refractivity contribution >= 4 is 7.12 Å². The predicted octanol–water partition coefficient (Wildman–Crippen LogP) is 2.73. The third-order valence-electron chi connectivity index (χ3n) is 5.34. The van der Waals surface area contributed by atoms with E-state index >= 15 is 0 Å². The Morgan fingerprint density at radius 2 is 2.00 bits per heavy atom. The summed E-state index contributed by atoms with van der Waals surface area (Å²) in [6.07, 6.45) is 3.89. The zero-order chi connectivity index (χ0) is 10.8. The highest BCUT2D eigenvalue weighted by molar-refractivity contribution is 6.45. The van der Waals surface area contributed by atoms with Crippen LogP contribution < -0.4 is 0 Å². The van der Waals surface area contributed by atoms with E-state index in [0.29, 0.717) is 17.4 Å². The molecule has 2 nitrogen and oxygen atoms in total. The van der Waals surface area contributed by atoms with Crippen LogP contribution in [0.1, 0.15) is 40.5 Å². The topological polar surface area (TPSA) is 18.5 Å². The molecule has 4 aliphatic rings. The monoisotopic (exact) mass is 208 g/mol. The highest BCUT2D eigenvalue weighted by Gasteiger charge is 2.67. The molecule has 15 heavy (non-hydrogen) atoms. The van der Waals surface area contributed by atoms with Gasteiger partial charge in [-0.2, -0.15) is 0 Å². The SMILES string of the molecule is CCB1OC2C[C@@H]3C[C@@H](C3(C)C)[C@]2(C)O1. The van der Waals surface area contributed by atoms with Gasteiger partial charge in [0.2, 0.25) is 0 Å². The van der Waals surface area contributed by atoms with Crippen LogP contribution >= 0.6 is 0 Å². The molecule has 1 unspecified atom stereocenters. The molecular formula is C12H21BO2. The molecule has 0 N–H and O–H groups in total. The molecule has 84 valence electrons. The summed E-state index contributed by atoms with van der Waals surface area (Å²) >= 11 is 0. The van der Waals surface area contributed by atoms with E-state index in [1.807, 2.05) is 0 Å². The van der Waals surface area contributed by atoms with E-state index in [1.165, 1.54) is 12.8 Å². The molecule has 1 saturated heterocycles. The van der Waals surface area contributed by atoms with Crippen LogP contribution in [0.25, 0.3) is 0 Å². The van der Waals surface area contributed by atoms with Gasteiger partial charge < -0.3 is 9.31 Å². The molecule has 1 aliphatic heterocycles. The molecule has 2 bridgehead atoms. The molecule has 4 fully saturated rings. The maximum atomic E-state index is 6.17. The van der Waals surface area contributed by atoms with Gasteiger partial charge in [0.25, 0.3) is 0 Å². The second-order valence-corrected chi connectivity index (χ2v) is 6.31. The van der Waals surface area contributed by atoms with Crippen molar-refractivity contribution in [2.24, 2.45) is 17.3 Å². The number of hydrogen-bond acceptors (Lipinski definition) is 2. The van der Waals surface area contributed by atoms with E-state index in [-0.39, 0.29) is 12.7 Å². The molecule has 0 radical (unpaired) electrons. The molecule has 3 aliphatic carbocycles. The van der Waals surface area contributed by atoms with Crippen LogP contribution in [-0.4, -0.2) is 18.8 Å². The van der Waals surface area contributed by atoms with Gasteiger partial charge in [-0.1, -0.05) is 20.8 Å². The summed E-state index contributed by atoms with van der Waals surface area (Å²) in [5, 5.41) is 0. The third kappa shape index (κ3) is 1.09. The van der Waals surface area contributed by atoms with Crippen molar-refractivity contribution in [3.8, 4) is 0 Å². The Hall–Kier alpha value is -0.0151. The minimum absolute atomic E-state index is 0.00106. The highest BCUT2D eigenvalue weighted by Crippen LogP contribution is 2.65. The van der Waals surface area contributed by atoms with Crippen LogP contribution in [0, 0.1) is 17.3 Å². The van der Waals surface area contributed by atoms with E-state index in [2.05, 4.69) is 27.7 Å². The second-order valence-electron chi connectivity index (χ2n) is 6.31. The van der Waals surface area contributed by atoms with Gasteiger partial charge in [0.05, 0.1) is 11.7 Å². The maximum absolute atomic E-state index is 6.17. The normalized spacial score (nSPS) is 51.2. The third-order valence-corrected chi connectivity index (χ3v) is 5.34. The average Bonchev–Trinajstić information content (AvgIpc) is 2.53. The lowest BCUT2D eigenvalue weighted by Gasteiger charge is -2.64. The standard InChI is InChI=1S/C12H21BO2/c1-5-13-14-10-7-8-6-9(11(8,2)3)12(10,4)15-13/h8-10H,5-7H2,1-4H3/t8-,9-,10?,12-/m0/s1. The maximum Gasteiger partial charge on any atom is 0.457 e. The van der Waals surface area contributed by atoms with E-state index in [0.717, 1.165) is 12.2 Å². The average molecular weight is 208 g/mol. The van der Waals surface area contributed by atoms with Gasteiger partial charge in [-0.05, 0) is 43.3 Å². The summed E-state index contributed by atoms with van der Waals surface area (Å²) in [5.41, 5.74) is 0.468. The van der Waals surface area contributed by atoms with Crippen molar-refractivity contribution in [2.75, 3.05) is 0 Å². The Bertz CT molecular complexity index is 291. The Kier molecular flexibility index (Phi) is 1.90. The van der Waals surface area contributed by atoms with Crippen LogP contribution in [-0.2, 0) is 9.31 Å². The molecule has 0 aromatic rings. The van der Waals surface area contributed by atoms with Gasteiger partial charge in [-0.3, -0.25) is 0 Å². The molecule has 0 aromatic carbocycles. The molecule has 1 heterocycles. The summed E-state index contributed by atoms with van der Waals surface area (Å²) in [7, 11) is 0.0511. The van der Waals surface area contributed by atoms with Gasteiger partial charge in [-0.15, -0.1) is 0 Å². The summed E-state index contributed by atoms with van der Waals surface area (Å²) in [6.45, 7) is 9.21. The fourth-order valence-corrected chi connectivity index (χ4v) is 4.13. The van der Waals surface area contributed by atoms with Gasteiger partial charge in [0.1, 0.15) is 0 Å². The lowest BCUT2D eigenvalue weighted by molar-refractivity contribution is -0.199. The summed E-state index contributed by atoms with van der Waals surface area (Å²) in [4.78, 5) is 0. The molecule has 3 heteroatoms. The Balaban J connectivity index is 1.89. The van der Waals surface area contributed by atoms with Crippen LogP contribution in [0.15, 0.2) is 0 Å². The smallest absolute Gasteiger partial charge is 0.405 e. The van der Waals surface area contributed by atoms with Gasteiger partial charge in [0, 0.05) is 0 Å². The van der Waals surface area contributed by atoms with Crippen molar-refractivity contribution in [2.45, 2.75) is 58.6 Å². The molecule has 4 atom stereocenters. The van der Waals surface area contributed by atoms with Crippen molar-refractivity contribution in [3.63, 3.8) is 0 Å². The Morgan fingerprint density at radius 3 is 2.60 bits per heavy atom. The van der Waals surface area contributed by atoms with Crippen molar-refractivity contribution in [1.29, 1.82) is 0 Å². The van der Waals surface area contributed by atoms with Crippen LogP contribution in [0.4, 0.5) is 0 Å². The van der Waals surface area contributed by atoms with Crippen LogP contribution in [0.3, 0.4) is 0 Å². The zero-order valence-electron chi connectivity index (χ0n) is 10.2. The first-order valence-corrected chi connectivity index (χ1v) is 6.31. The van der Waals surface area contributed by atoms with E-state index in [9.17, 15) is 0 Å². The number of hydrogen-bond donors (Lipinski definition) is 0. The fraction of sp³-hybridized carbons (Fsp3) is 1.00. The second kappa shape index (κ2) is 2.81. The Labute approximate surface area is 92.9 Å². The van der Waals surface area contributed by atoms with Gasteiger partial charge >= 0.3 is 7.12 Å². The van der Waals surface area contributed by atoms with Crippen molar-refractivity contribution < 1.29 is 9.31 Å². The summed E-state index contributed by atoms with van der Waals surface area (Å²) < 4.78 is 12.2. The van der Waals surface area contributed by atoms with Crippen LogP contribution in [0.2, 0.25) is 6.32 Å². The van der Waals surface area contributed by atoms with Crippen molar-refractivity contribution in [3.05, 3.63) is 0 Å². The minimum atomic E-state index is -0.00106. The molecule has 3 saturated carbocycles. The summed E-state index contributed by atoms with van der Waals surface area (Å²) in [5.74, 6) is 1.56. The molecule has 0 spiro atoms. The zero-order valence-corrected chi connectivity index (χ0v) is 10.2. The van der Waals surface area contributed by atoms with Gasteiger partial charge in [0.15, 0.2) is 0 Å². The molecule has 0 amide bonds. The first-order valence-electron chi connectivity index (χ1n) is 6.31. The molecular weight excluding hydrogens is 187 g/mol. The summed E-state index contributed by atoms with van der Waals surface area (Å²) in [6, 6.07) is 0. The lowest BCUT2D eigenvalue weighted by Crippen LogP contribution is -2.65. The first kappa shape index (κ1) is 10.2. The molecule has 0 aromatic heterocycles. The van der Waals surface area contributed by atoms with Gasteiger partial charge in [-0.25, -0.2) is 0 Å². The van der Waals surface area contributed by atoms with E-state index in [1.54, 1.807) is 0 Å². The lowest BCUT2D eigenvalue weighted by atomic mass is 9.43. The van der Waals surface area contributed by atoms with E-state index in [4.69, 9.17) is 9.31 Å². The predicted molar refractivity (Wildman–Crippen MR) is 60.6 cm³/mol.